The largest absolute Gasteiger partial charge is 0.352 e. The minimum Gasteiger partial charge on any atom is -0.352 e. The molecule has 0 spiro atoms. The van der Waals surface area contributed by atoms with E-state index in [0.717, 1.165) is 13.1 Å². The van der Waals surface area contributed by atoms with Crippen LogP contribution in [0.2, 0.25) is 0 Å². The average Bonchev–Trinajstić information content (AvgIpc) is 2.89. The van der Waals surface area contributed by atoms with Gasteiger partial charge < -0.3 is 10.2 Å². The van der Waals surface area contributed by atoms with E-state index in [1.807, 2.05) is 18.2 Å². The summed E-state index contributed by atoms with van der Waals surface area (Å²) in [5.41, 5.74) is 1.21. The quantitative estimate of drug-likeness (QED) is 0.790. The molecule has 0 aliphatic carbocycles. The Morgan fingerprint density at radius 2 is 1.92 bits per heavy atom. The van der Waals surface area contributed by atoms with Crippen LogP contribution in [0.4, 0.5) is 0 Å². The predicted molar refractivity (Wildman–Crippen MR) is 95.3 cm³/mol. The molecule has 7 heteroatoms. The van der Waals surface area contributed by atoms with E-state index in [2.05, 4.69) is 22.3 Å². The SMILES string of the molecule is CC(=O)NC1CN(CCCS(=O)(=O)N(C)C)CC1c1ccccc1. The third-order valence-corrected chi connectivity index (χ3v) is 6.36. The monoisotopic (exact) mass is 353 g/mol. The van der Waals surface area contributed by atoms with Gasteiger partial charge in [-0.2, -0.15) is 0 Å². The lowest BCUT2D eigenvalue weighted by molar-refractivity contribution is -0.119. The van der Waals surface area contributed by atoms with Crippen LogP contribution in [0.3, 0.4) is 0 Å². The summed E-state index contributed by atoms with van der Waals surface area (Å²) in [4.78, 5) is 13.7. The Kier molecular flexibility index (Phi) is 6.37. The van der Waals surface area contributed by atoms with Gasteiger partial charge in [0, 0.05) is 46.1 Å². The second-order valence-corrected chi connectivity index (χ2v) is 8.84. The maximum atomic E-state index is 11.9. The molecule has 1 saturated heterocycles. The number of nitrogens with zero attached hydrogens (tertiary/aromatic N) is 2. The van der Waals surface area contributed by atoms with E-state index in [1.54, 1.807) is 14.1 Å². The summed E-state index contributed by atoms with van der Waals surface area (Å²) < 4.78 is 25.0. The fourth-order valence-corrected chi connectivity index (χ4v) is 4.03. The first-order chi connectivity index (χ1) is 11.3. The minimum absolute atomic E-state index is 0.0297. The molecule has 24 heavy (non-hydrogen) atoms. The topological polar surface area (TPSA) is 69.7 Å². The van der Waals surface area contributed by atoms with Gasteiger partial charge >= 0.3 is 0 Å². The van der Waals surface area contributed by atoms with Crippen molar-refractivity contribution in [2.45, 2.75) is 25.3 Å². The Balaban J connectivity index is 1.97. The fourth-order valence-electron chi connectivity index (χ4n) is 3.17. The average molecular weight is 353 g/mol. The van der Waals surface area contributed by atoms with Gasteiger partial charge in [-0.1, -0.05) is 30.3 Å². The van der Waals surface area contributed by atoms with Gasteiger partial charge in [-0.05, 0) is 18.5 Å². The lowest BCUT2D eigenvalue weighted by atomic mass is 9.94. The molecule has 0 aromatic heterocycles. The second-order valence-electron chi connectivity index (χ2n) is 6.54. The molecule has 0 radical (unpaired) electrons. The van der Waals surface area contributed by atoms with E-state index in [1.165, 1.54) is 16.8 Å². The van der Waals surface area contributed by atoms with Crippen LogP contribution in [-0.2, 0) is 14.8 Å². The van der Waals surface area contributed by atoms with Crippen molar-refractivity contribution in [2.75, 3.05) is 39.5 Å². The summed E-state index contributed by atoms with van der Waals surface area (Å²) in [5.74, 6) is 0.357. The molecule has 1 aliphatic rings. The molecule has 0 saturated carbocycles. The molecule has 2 atom stereocenters. The van der Waals surface area contributed by atoms with Gasteiger partial charge in [-0.3, -0.25) is 4.79 Å². The highest BCUT2D eigenvalue weighted by atomic mass is 32.2. The van der Waals surface area contributed by atoms with E-state index in [9.17, 15) is 13.2 Å². The van der Waals surface area contributed by atoms with Crippen LogP contribution >= 0.6 is 0 Å². The summed E-state index contributed by atoms with van der Waals surface area (Å²) in [7, 11) is -0.0333. The van der Waals surface area contributed by atoms with Crippen molar-refractivity contribution in [1.29, 1.82) is 0 Å². The summed E-state index contributed by atoms with van der Waals surface area (Å²) in [6.45, 7) is 3.83. The number of hydrogen-bond acceptors (Lipinski definition) is 4. The predicted octanol–water partition coefficient (Wildman–Crippen LogP) is 0.872. The highest BCUT2D eigenvalue weighted by molar-refractivity contribution is 7.89. The number of hydrogen-bond donors (Lipinski definition) is 1. The molecule has 2 rings (SSSR count). The maximum absolute atomic E-state index is 11.9. The van der Waals surface area contributed by atoms with Crippen molar-refractivity contribution >= 4 is 15.9 Å². The molecular formula is C17H27N3O3S. The Labute approximate surface area is 144 Å². The molecular weight excluding hydrogens is 326 g/mol. The Morgan fingerprint density at radius 1 is 1.25 bits per heavy atom. The Bertz CT molecular complexity index is 646. The van der Waals surface area contributed by atoms with E-state index in [4.69, 9.17) is 0 Å². The molecule has 6 nitrogen and oxygen atoms in total. The van der Waals surface area contributed by atoms with Crippen molar-refractivity contribution in [1.82, 2.24) is 14.5 Å². The van der Waals surface area contributed by atoms with Gasteiger partial charge in [-0.15, -0.1) is 0 Å². The molecule has 1 N–H and O–H groups in total. The summed E-state index contributed by atoms with van der Waals surface area (Å²) >= 11 is 0. The number of amides is 1. The van der Waals surface area contributed by atoms with Gasteiger partial charge in [0.15, 0.2) is 0 Å². The molecule has 1 amide bonds. The van der Waals surface area contributed by atoms with Crippen molar-refractivity contribution in [3.8, 4) is 0 Å². The highest BCUT2D eigenvalue weighted by Crippen LogP contribution is 2.27. The maximum Gasteiger partial charge on any atom is 0.217 e. The smallest absolute Gasteiger partial charge is 0.217 e. The van der Waals surface area contributed by atoms with E-state index < -0.39 is 10.0 Å². The summed E-state index contributed by atoms with van der Waals surface area (Å²) in [6.07, 6.45) is 0.592. The van der Waals surface area contributed by atoms with Crippen LogP contribution in [0.1, 0.15) is 24.8 Å². The number of carbonyl (C=O) groups excluding carboxylic acids is 1. The van der Waals surface area contributed by atoms with Crippen LogP contribution in [0, 0.1) is 0 Å². The van der Waals surface area contributed by atoms with Gasteiger partial charge in [-0.25, -0.2) is 12.7 Å². The molecule has 1 aromatic rings. The van der Waals surface area contributed by atoms with Crippen molar-refractivity contribution in [3.63, 3.8) is 0 Å². The zero-order chi connectivity index (χ0) is 17.7. The lowest BCUT2D eigenvalue weighted by Crippen LogP contribution is -2.38. The number of benzene rings is 1. The fraction of sp³-hybridized carbons (Fsp3) is 0.588. The van der Waals surface area contributed by atoms with E-state index in [-0.39, 0.29) is 23.6 Å². The first-order valence-corrected chi connectivity index (χ1v) is 9.85. The third kappa shape index (κ3) is 5.03. The molecule has 1 heterocycles. The first-order valence-electron chi connectivity index (χ1n) is 8.24. The van der Waals surface area contributed by atoms with Crippen LogP contribution in [-0.4, -0.2) is 69.1 Å². The van der Waals surface area contributed by atoms with Gasteiger partial charge in [0.2, 0.25) is 15.9 Å². The summed E-state index contributed by atoms with van der Waals surface area (Å²) in [6, 6.07) is 10.2. The van der Waals surface area contributed by atoms with Gasteiger partial charge in [0.05, 0.1) is 5.75 Å². The zero-order valence-corrected chi connectivity index (χ0v) is 15.4. The molecule has 2 unspecified atom stereocenters. The molecule has 0 bridgehead atoms. The number of rotatable bonds is 7. The van der Waals surface area contributed by atoms with Gasteiger partial charge in [0.25, 0.3) is 0 Å². The van der Waals surface area contributed by atoms with E-state index >= 15 is 0 Å². The molecule has 1 aromatic carbocycles. The van der Waals surface area contributed by atoms with Crippen molar-refractivity contribution in [2.24, 2.45) is 0 Å². The van der Waals surface area contributed by atoms with Gasteiger partial charge in [0.1, 0.15) is 0 Å². The van der Waals surface area contributed by atoms with E-state index in [0.29, 0.717) is 13.0 Å². The van der Waals surface area contributed by atoms with Crippen LogP contribution in [0.5, 0.6) is 0 Å². The summed E-state index contributed by atoms with van der Waals surface area (Å²) in [5, 5.41) is 3.04. The van der Waals surface area contributed by atoms with Crippen LogP contribution in [0.15, 0.2) is 30.3 Å². The Hall–Kier alpha value is -1.44. The number of likely N-dealkylation sites (tertiary alicyclic amines) is 1. The standard InChI is InChI=1S/C17H27N3O3S/c1-14(21)18-17-13-20(10-7-11-24(22,23)19(2)3)12-16(17)15-8-5-4-6-9-15/h4-6,8-9,16-17H,7,10-13H2,1-3H3,(H,18,21). The second kappa shape index (κ2) is 8.09. The van der Waals surface area contributed by atoms with Crippen molar-refractivity contribution in [3.05, 3.63) is 35.9 Å². The molecule has 134 valence electrons. The number of nitrogens with one attached hydrogen (secondary N) is 1. The minimum atomic E-state index is -3.15. The first kappa shape index (κ1) is 18.9. The molecule has 1 aliphatic heterocycles. The Morgan fingerprint density at radius 3 is 2.50 bits per heavy atom. The number of carbonyl (C=O) groups is 1. The highest BCUT2D eigenvalue weighted by Gasteiger charge is 2.34. The third-order valence-electron chi connectivity index (χ3n) is 4.44. The number of sulfonamides is 1. The normalized spacial score (nSPS) is 22.0. The van der Waals surface area contributed by atoms with Crippen LogP contribution in [0.25, 0.3) is 0 Å². The van der Waals surface area contributed by atoms with Crippen LogP contribution < -0.4 is 5.32 Å². The zero-order valence-electron chi connectivity index (χ0n) is 14.6. The molecule has 1 fully saturated rings. The lowest BCUT2D eigenvalue weighted by Gasteiger charge is -2.19. The van der Waals surface area contributed by atoms with Crippen molar-refractivity contribution < 1.29 is 13.2 Å².